The first-order chi connectivity index (χ1) is 6.76. The van der Waals surface area contributed by atoms with Crippen LogP contribution in [0.5, 0.6) is 0 Å². The molecule has 1 amide bonds. The van der Waals surface area contributed by atoms with Crippen LogP contribution in [-0.2, 0) is 9.53 Å². The lowest BCUT2D eigenvalue weighted by molar-refractivity contribution is -0.142. The van der Waals surface area contributed by atoms with E-state index in [1.165, 1.54) is 0 Å². The summed E-state index contributed by atoms with van der Waals surface area (Å²) in [7, 11) is 0. The Morgan fingerprint density at radius 1 is 1.40 bits per heavy atom. The molecular weight excluding hydrogens is 202 g/mol. The Kier molecular flexibility index (Phi) is 5.07. The van der Waals surface area contributed by atoms with Gasteiger partial charge in [0.2, 0.25) is 0 Å². The van der Waals surface area contributed by atoms with E-state index in [1.807, 2.05) is 0 Å². The van der Waals surface area contributed by atoms with Crippen LogP contribution < -0.4 is 5.32 Å². The van der Waals surface area contributed by atoms with E-state index < -0.39 is 30.2 Å². The van der Waals surface area contributed by atoms with Crippen molar-refractivity contribution >= 4 is 12.1 Å². The molecule has 0 radical (unpaired) electrons. The van der Waals surface area contributed by atoms with E-state index in [0.717, 1.165) is 0 Å². The molecule has 0 aliphatic carbocycles. The molecular formula is C9H17NO5. The minimum absolute atomic E-state index is 0.152. The average molecular weight is 219 g/mol. The third kappa shape index (κ3) is 6.73. The number of aliphatic carboxylic acids is 1. The maximum Gasteiger partial charge on any atom is 0.407 e. The molecule has 0 saturated heterocycles. The Morgan fingerprint density at radius 3 is 2.27 bits per heavy atom. The third-order valence-electron chi connectivity index (χ3n) is 1.46. The summed E-state index contributed by atoms with van der Waals surface area (Å²) in [6.45, 7) is 4.43. The van der Waals surface area contributed by atoms with Gasteiger partial charge in [-0.1, -0.05) is 0 Å². The molecule has 0 aliphatic heterocycles. The van der Waals surface area contributed by atoms with E-state index in [1.54, 1.807) is 20.8 Å². The monoisotopic (exact) mass is 219 g/mol. The second-order valence-electron chi connectivity index (χ2n) is 4.10. The summed E-state index contributed by atoms with van der Waals surface area (Å²) in [4.78, 5) is 21.6. The summed E-state index contributed by atoms with van der Waals surface area (Å²) < 4.78 is 4.89. The lowest BCUT2D eigenvalue weighted by Crippen LogP contribution is -2.38. The molecule has 0 aliphatic rings. The van der Waals surface area contributed by atoms with Gasteiger partial charge >= 0.3 is 12.1 Å². The van der Waals surface area contributed by atoms with Gasteiger partial charge in [0, 0.05) is 6.54 Å². The zero-order valence-electron chi connectivity index (χ0n) is 9.11. The molecule has 0 fully saturated rings. The highest BCUT2D eigenvalue weighted by molar-refractivity contribution is 5.72. The molecule has 1 atom stereocenters. The largest absolute Gasteiger partial charge is 0.481 e. The zero-order valence-corrected chi connectivity index (χ0v) is 9.11. The van der Waals surface area contributed by atoms with Crippen molar-refractivity contribution < 1.29 is 24.5 Å². The first kappa shape index (κ1) is 13.7. The highest BCUT2D eigenvalue weighted by Gasteiger charge is 2.20. The number of rotatable bonds is 4. The summed E-state index contributed by atoms with van der Waals surface area (Å²) in [6.07, 6.45) is -0.692. The van der Waals surface area contributed by atoms with Crippen molar-refractivity contribution in [3.8, 4) is 0 Å². The quantitative estimate of drug-likeness (QED) is 0.628. The number of carboxylic acid groups (broad SMARTS) is 1. The van der Waals surface area contributed by atoms with Crippen LogP contribution in [0.2, 0.25) is 0 Å². The third-order valence-corrected chi connectivity index (χ3v) is 1.46. The van der Waals surface area contributed by atoms with E-state index in [9.17, 15) is 9.59 Å². The SMILES string of the molecule is CC(C)(C)OC(=O)NC[C@@H](CO)C(=O)O. The van der Waals surface area contributed by atoms with Crippen LogP contribution in [0, 0.1) is 5.92 Å². The first-order valence-electron chi connectivity index (χ1n) is 4.57. The Labute approximate surface area is 88.2 Å². The number of amides is 1. The predicted octanol–water partition coefficient (Wildman–Crippen LogP) is 0.204. The average Bonchev–Trinajstić information content (AvgIpc) is 2.01. The van der Waals surface area contributed by atoms with Crippen molar-refractivity contribution in [1.82, 2.24) is 5.32 Å². The van der Waals surface area contributed by atoms with Crippen LogP contribution in [0.15, 0.2) is 0 Å². The highest BCUT2D eigenvalue weighted by Crippen LogP contribution is 2.06. The number of aliphatic hydroxyl groups is 1. The van der Waals surface area contributed by atoms with E-state index in [2.05, 4.69) is 5.32 Å². The maximum atomic E-state index is 11.1. The summed E-state index contributed by atoms with van der Waals surface area (Å²) in [5.41, 5.74) is -0.623. The number of carboxylic acids is 1. The number of carbonyl (C=O) groups excluding carboxylic acids is 1. The van der Waals surface area contributed by atoms with Gasteiger partial charge in [-0.2, -0.15) is 0 Å². The second-order valence-corrected chi connectivity index (χ2v) is 4.10. The molecule has 0 unspecified atom stereocenters. The highest BCUT2D eigenvalue weighted by atomic mass is 16.6. The lowest BCUT2D eigenvalue weighted by atomic mass is 10.1. The van der Waals surface area contributed by atoms with Crippen LogP contribution in [-0.4, -0.2) is 41.0 Å². The number of hydrogen-bond acceptors (Lipinski definition) is 4. The van der Waals surface area contributed by atoms with E-state index in [4.69, 9.17) is 14.9 Å². The van der Waals surface area contributed by atoms with Crippen LogP contribution in [0.25, 0.3) is 0 Å². The molecule has 0 rings (SSSR count). The molecule has 15 heavy (non-hydrogen) atoms. The summed E-state index contributed by atoms with van der Waals surface area (Å²) in [6, 6.07) is 0. The van der Waals surface area contributed by atoms with Gasteiger partial charge in [0.15, 0.2) is 0 Å². The Hall–Kier alpha value is -1.30. The minimum Gasteiger partial charge on any atom is -0.481 e. The number of ether oxygens (including phenoxy) is 1. The molecule has 0 heterocycles. The fourth-order valence-electron chi connectivity index (χ4n) is 0.751. The molecule has 88 valence electrons. The van der Waals surface area contributed by atoms with Gasteiger partial charge in [-0.15, -0.1) is 0 Å². The molecule has 0 bridgehead atoms. The van der Waals surface area contributed by atoms with Crippen LogP contribution >= 0.6 is 0 Å². The molecule has 0 aromatic rings. The van der Waals surface area contributed by atoms with Crippen molar-refractivity contribution in [2.24, 2.45) is 5.92 Å². The molecule has 0 saturated carbocycles. The first-order valence-corrected chi connectivity index (χ1v) is 4.57. The summed E-state index contributed by atoms with van der Waals surface area (Å²) in [5.74, 6) is -2.16. The number of alkyl carbamates (subject to hydrolysis) is 1. The normalized spacial score (nSPS) is 13.1. The molecule has 0 aromatic carbocycles. The Morgan fingerprint density at radius 2 is 1.93 bits per heavy atom. The summed E-state index contributed by atoms with van der Waals surface area (Å²) >= 11 is 0. The van der Waals surface area contributed by atoms with Gasteiger partial charge in [-0.25, -0.2) is 4.79 Å². The fourth-order valence-corrected chi connectivity index (χ4v) is 0.751. The van der Waals surface area contributed by atoms with Crippen LogP contribution in [0.3, 0.4) is 0 Å². The van der Waals surface area contributed by atoms with Crippen molar-refractivity contribution in [2.45, 2.75) is 26.4 Å². The smallest absolute Gasteiger partial charge is 0.407 e. The van der Waals surface area contributed by atoms with E-state index in [-0.39, 0.29) is 6.54 Å². The van der Waals surface area contributed by atoms with Crippen molar-refractivity contribution in [3.05, 3.63) is 0 Å². The van der Waals surface area contributed by atoms with Gasteiger partial charge in [-0.3, -0.25) is 4.79 Å². The maximum absolute atomic E-state index is 11.1. The number of nitrogens with one attached hydrogen (secondary N) is 1. The summed E-state index contributed by atoms with van der Waals surface area (Å²) in [5, 5.41) is 19.5. The van der Waals surface area contributed by atoms with Gasteiger partial charge in [0.1, 0.15) is 5.60 Å². The molecule has 0 aromatic heterocycles. The van der Waals surface area contributed by atoms with Crippen molar-refractivity contribution in [3.63, 3.8) is 0 Å². The van der Waals surface area contributed by atoms with E-state index >= 15 is 0 Å². The molecule has 0 spiro atoms. The lowest BCUT2D eigenvalue weighted by Gasteiger charge is -2.20. The van der Waals surface area contributed by atoms with Gasteiger partial charge in [0.25, 0.3) is 0 Å². The van der Waals surface area contributed by atoms with Gasteiger partial charge in [-0.05, 0) is 20.8 Å². The number of aliphatic hydroxyl groups excluding tert-OH is 1. The number of carbonyl (C=O) groups is 2. The van der Waals surface area contributed by atoms with Crippen LogP contribution in [0.4, 0.5) is 4.79 Å². The van der Waals surface area contributed by atoms with Crippen LogP contribution in [0.1, 0.15) is 20.8 Å². The topological polar surface area (TPSA) is 95.9 Å². The van der Waals surface area contributed by atoms with E-state index in [0.29, 0.717) is 0 Å². The van der Waals surface area contributed by atoms with Crippen molar-refractivity contribution in [2.75, 3.05) is 13.2 Å². The second kappa shape index (κ2) is 5.55. The molecule has 3 N–H and O–H groups in total. The Bertz CT molecular complexity index is 233. The molecule has 6 heteroatoms. The predicted molar refractivity (Wildman–Crippen MR) is 52.4 cm³/mol. The number of hydrogen-bond donors (Lipinski definition) is 3. The molecule has 6 nitrogen and oxygen atoms in total. The van der Waals surface area contributed by atoms with Crippen molar-refractivity contribution in [1.29, 1.82) is 0 Å². The Balaban J connectivity index is 3.94. The standard InChI is InChI=1S/C9H17NO5/c1-9(2,3)15-8(14)10-4-6(5-11)7(12)13/h6,11H,4-5H2,1-3H3,(H,10,14)(H,12,13)/t6-/m0/s1. The van der Waals surface area contributed by atoms with Gasteiger partial charge in [0.05, 0.1) is 12.5 Å². The van der Waals surface area contributed by atoms with Gasteiger partial charge < -0.3 is 20.3 Å². The fraction of sp³-hybridized carbons (Fsp3) is 0.778. The zero-order chi connectivity index (χ0) is 12.1. The minimum atomic E-state index is -1.16.